The summed E-state index contributed by atoms with van der Waals surface area (Å²) >= 11 is 1.72. The second-order valence-corrected chi connectivity index (χ2v) is 6.26. The van der Waals surface area contributed by atoms with Crippen LogP contribution in [0, 0.1) is 6.92 Å². The fourth-order valence-electron chi connectivity index (χ4n) is 2.25. The van der Waals surface area contributed by atoms with E-state index in [1.54, 1.807) is 11.3 Å². The van der Waals surface area contributed by atoms with E-state index in [1.807, 2.05) is 12.1 Å². The number of nitrogens with one attached hydrogen (secondary N) is 1. The van der Waals surface area contributed by atoms with Crippen LogP contribution < -0.4 is 5.32 Å². The van der Waals surface area contributed by atoms with Gasteiger partial charge in [-0.3, -0.25) is 0 Å². The Balaban J connectivity index is 1.56. The fourth-order valence-corrected chi connectivity index (χ4v) is 3.00. The smallest absolute Gasteiger partial charge is 0.134 e. The second kappa shape index (κ2) is 6.90. The quantitative estimate of drug-likeness (QED) is 0.725. The van der Waals surface area contributed by atoms with E-state index in [2.05, 4.69) is 53.8 Å². The number of hydrogen-bond acceptors (Lipinski definition) is 4. The third kappa shape index (κ3) is 3.64. The minimum Gasteiger partial charge on any atom is -0.460 e. The molecule has 114 valence electrons. The Morgan fingerprint density at radius 1 is 1.09 bits per heavy atom. The van der Waals surface area contributed by atoms with Crippen molar-refractivity contribution in [2.24, 2.45) is 0 Å². The SMILES string of the molecule is CCc1nc(CNCc2ccc(-c3ccc(C)cc3)o2)cs1. The van der Waals surface area contributed by atoms with Crippen LogP contribution in [0.3, 0.4) is 0 Å². The molecule has 0 aliphatic heterocycles. The molecule has 0 aliphatic rings. The summed E-state index contributed by atoms with van der Waals surface area (Å²) in [6.07, 6.45) is 1.00. The van der Waals surface area contributed by atoms with E-state index in [4.69, 9.17) is 4.42 Å². The number of aryl methyl sites for hydroxylation is 2. The minimum atomic E-state index is 0.713. The van der Waals surface area contributed by atoms with E-state index in [0.29, 0.717) is 6.54 Å². The molecule has 4 heteroatoms. The molecule has 0 radical (unpaired) electrons. The van der Waals surface area contributed by atoms with Gasteiger partial charge in [0.15, 0.2) is 0 Å². The van der Waals surface area contributed by atoms with E-state index in [-0.39, 0.29) is 0 Å². The molecule has 0 fully saturated rings. The van der Waals surface area contributed by atoms with E-state index in [1.165, 1.54) is 10.6 Å². The van der Waals surface area contributed by atoms with Crippen LogP contribution in [0.25, 0.3) is 11.3 Å². The van der Waals surface area contributed by atoms with E-state index >= 15 is 0 Å². The zero-order valence-corrected chi connectivity index (χ0v) is 13.7. The van der Waals surface area contributed by atoms with Gasteiger partial charge in [0.2, 0.25) is 0 Å². The summed E-state index contributed by atoms with van der Waals surface area (Å²) in [4.78, 5) is 4.55. The predicted molar refractivity (Wildman–Crippen MR) is 90.9 cm³/mol. The van der Waals surface area contributed by atoms with Gasteiger partial charge >= 0.3 is 0 Å². The maximum Gasteiger partial charge on any atom is 0.134 e. The first-order valence-corrected chi connectivity index (χ1v) is 8.42. The summed E-state index contributed by atoms with van der Waals surface area (Å²) in [6, 6.07) is 12.4. The molecule has 2 aromatic heterocycles. The summed E-state index contributed by atoms with van der Waals surface area (Å²) in [7, 11) is 0. The van der Waals surface area contributed by atoms with Crippen LogP contribution in [0.4, 0.5) is 0 Å². The second-order valence-electron chi connectivity index (χ2n) is 5.32. The maximum absolute atomic E-state index is 5.89. The normalized spacial score (nSPS) is 11.0. The molecule has 0 spiro atoms. The third-order valence-electron chi connectivity index (χ3n) is 3.50. The Kier molecular flexibility index (Phi) is 4.71. The number of nitrogens with zero attached hydrogens (tertiary/aromatic N) is 1. The molecule has 0 unspecified atom stereocenters. The summed E-state index contributed by atoms with van der Waals surface area (Å²) in [5.41, 5.74) is 3.48. The molecule has 2 heterocycles. The van der Waals surface area contributed by atoms with Gasteiger partial charge in [-0.15, -0.1) is 11.3 Å². The van der Waals surface area contributed by atoms with Crippen LogP contribution in [-0.2, 0) is 19.5 Å². The molecule has 0 aliphatic carbocycles. The zero-order valence-electron chi connectivity index (χ0n) is 12.9. The van der Waals surface area contributed by atoms with E-state index in [9.17, 15) is 0 Å². The standard InChI is InChI=1S/C18H20N2OS/c1-3-18-20-15(12-22-18)10-19-11-16-8-9-17(21-16)14-6-4-13(2)5-7-14/h4-9,12,19H,3,10-11H2,1-2H3. The highest BCUT2D eigenvalue weighted by molar-refractivity contribution is 7.09. The summed E-state index contributed by atoms with van der Waals surface area (Å²) < 4.78 is 5.89. The van der Waals surface area contributed by atoms with Gasteiger partial charge in [0.05, 0.1) is 17.2 Å². The van der Waals surface area contributed by atoms with Crippen molar-refractivity contribution in [1.82, 2.24) is 10.3 Å². The molecule has 3 nitrogen and oxygen atoms in total. The highest BCUT2D eigenvalue weighted by Gasteiger charge is 2.05. The lowest BCUT2D eigenvalue weighted by Gasteiger charge is -2.01. The topological polar surface area (TPSA) is 38.1 Å². The van der Waals surface area contributed by atoms with Crippen molar-refractivity contribution in [2.45, 2.75) is 33.4 Å². The van der Waals surface area contributed by atoms with Crippen molar-refractivity contribution >= 4 is 11.3 Å². The highest BCUT2D eigenvalue weighted by Crippen LogP contribution is 2.22. The van der Waals surface area contributed by atoms with Gasteiger partial charge in [-0.2, -0.15) is 0 Å². The largest absolute Gasteiger partial charge is 0.460 e. The van der Waals surface area contributed by atoms with Crippen molar-refractivity contribution in [3.05, 3.63) is 63.8 Å². The van der Waals surface area contributed by atoms with Crippen molar-refractivity contribution in [3.8, 4) is 11.3 Å². The van der Waals surface area contributed by atoms with Gasteiger partial charge in [0.25, 0.3) is 0 Å². The summed E-state index contributed by atoms with van der Waals surface area (Å²) in [5, 5.41) is 6.69. The van der Waals surface area contributed by atoms with Crippen LogP contribution in [0.2, 0.25) is 0 Å². The summed E-state index contributed by atoms with van der Waals surface area (Å²) in [5.74, 6) is 1.86. The van der Waals surface area contributed by atoms with Gasteiger partial charge in [-0.25, -0.2) is 4.98 Å². The molecule has 22 heavy (non-hydrogen) atoms. The Hall–Kier alpha value is -1.91. The zero-order chi connectivity index (χ0) is 15.4. The number of thiazole rings is 1. The Morgan fingerprint density at radius 3 is 2.64 bits per heavy atom. The molecular weight excluding hydrogens is 292 g/mol. The number of furan rings is 1. The van der Waals surface area contributed by atoms with Gasteiger partial charge < -0.3 is 9.73 Å². The lowest BCUT2D eigenvalue weighted by molar-refractivity contribution is 0.492. The lowest BCUT2D eigenvalue weighted by atomic mass is 10.1. The van der Waals surface area contributed by atoms with Crippen molar-refractivity contribution in [1.29, 1.82) is 0 Å². The highest BCUT2D eigenvalue weighted by atomic mass is 32.1. The summed E-state index contributed by atoms with van der Waals surface area (Å²) in [6.45, 7) is 5.71. The monoisotopic (exact) mass is 312 g/mol. The molecular formula is C18H20N2OS. The molecule has 1 aromatic carbocycles. The molecule has 0 amide bonds. The molecule has 3 aromatic rings. The van der Waals surface area contributed by atoms with Gasteiger partial charge in [0.1, 0.15) is 11.5 Å². The van der Waals surface area contributed by atoms with Crippen LogP contribution in [0.15, 0.2) is 46.2 Å². The van der Waals surface area contributed by atoms with Crippen LogP contribution in [0.1, 0.15) is 28.9 Å². The maximum atomic E-state index is 5.89. The predicted octanol–water partition coefficient (Wildman–Crippen LogP) is 4.56. The van der Waals surface area contributed by atoms with Crippen molar-refractivity contribution in [2.75, 3.05) is 0 Å². The third-order valence-corrected chi connectivity index (χ3v) is 4.55. The Morgan fingerprint density at radius 2 is 1.91 bits per heavy atom. The van der Waals surface area contributed by atoms with Crippen LogP contribution in [0.5, 0.6) is 0 Å². The van der Waals surface area contributed by atoms with E-state index in [0.717, 1.165) is 35.7 Å². The molecule has 0 atom stereocenters. The van der Waals surface area contributed by atoms with Crippen molar-refractivity contribution < 1.29 is 4.42 Å². The van der Waals surface area contributed by atoms with E-state index < -0.39 is 0 Å². The van der Waals surface area contributed by atoms with Crippen molar-refractivity contribution in [3.63, 3.8) is 0 Å². The van der Waals surface area contributed by atoms with Gasteiger partial charge in [-0.05, 0) is 25.5 Å². The van der Waals surface area contributed by atoms with Gasteiger partial charge in [0, 0.05) is 17.5 Å². The Bertz CT molecular complexity index is 728. The lowest BCUT2D eigenvalue weighted by Crippen LogP contribution is -2.12. The average molecular weight is 312 g/mol. The average Bonchev–Trinajstić information content (AvgIpc) is 3.17. The van der Waals surface area contributed by atoms with Gasteiger partial charge in [-0.1, -0.05) is 36.8 Å². The number of rotatable bonds is 6. The first-order chi connectivity index (χ1) is 10.7. The first kappa shape index (κ1) is 15.0. The van der Waals surface area contributed by atoms with Crippen LogP contribution in [-0.4, -0.2) is 4.98 Å². The molecule has 0 saturated heterocycles. The molecule has 1 N–H and O–H groups in total. The minimum absolute atomic E-state index is 0.713. The fraction of sp³-hybridized carbons (Fsp3) is 0.278. The van der Waals surface area contributed by atoms with Crippen LogP contribution >= 0.6 is 11.3 Å². The molecule has 0 bridgehead atoms. The molecule has 0 saturated carbocycles. The molecule has 3 rings (SSSR count). The number of aromatic nitrogens is 1. The number of hydrogen-bond donors (Lipinski definition) is 1. The first-order valence-electron chi connectivity index (χ1n) is 7.54. The number of benzene rings is 1. The Labute approximate surface area is 135 Å².